The number of carbonyl (C=O) groups excluding carboxylic acids is 10. The highest BCUT2D eigenvalue weighted by molar-refractivity contribution is 5.99. The molecule has 0 radical (unpaired) electrons. The van der Waals surface area contributed by atoms with Gasteiger partial charge in [-0.1, -0.05) is 59.9 Å². The van der Waals surface area contributed by atoms with Gasteiger partial charge in [-0.25, -0.2) is 0 Å². The maximum atomic E-state index is 11.9. The largest absolute Gasteiger partial charge is 0.494 e. The third-order valence-electron chi connectivity index (χ3n) is 19.7. The molecule has 0 fully saturated rings. The topological polar surface area (TPSA) is 378 Å². The molecule has 138 heavy (non-hydrogen) atoms. The first-order valence-electron chi connectivity index (χ1n) is 48.7. The molecule has 0 saturated carbocycles. The molecule has 0 amide bonds. The maximum Gasteiger partial charge on any atom is 0.203 e. The van der Waals surface area contributed by atoms with Crippen LogP contribution < -0.4 is 99.4 Å². The molecule has 0 aliphatic carbocycles. The van der Waals surface area contributed by atoms with Gasteiger partial charge in [0.2, 0.25) is 5.75 Å². The van der Waals surface area contributed by atoms with Crippen LogP contribution in [0, 0.1) is 12.8 Å². The lowest BCUT2D eigenvalue weighted by Gasteiger charge is -2.19. The van der Waals surface area contributed by atoms with E-state index in [-0.39, 0.29) is 75.8 Å². The highest BCUT2D eigenvalue weighted by Gasteiger charge is 2.24. The Balaban J connectivity index is -0.00000150. The van der Waals surface area contributed by atoms with E-state index in [1.54, 1.807) is 98.1 Å². The number of benzene rings is 6. The van der Waals surface area contributed by atoms with Gasteiger partial charge in [-0.15, -0.1) is 0 Å². The molecule has 0 unspecified atom stereocenters. The lowest BCUT2D eigenvalue weighted by Crippen LogP contribution is -2.35. The van der Waals surface area contributed by atoms with Crippen molar-refractivity contribution in [2.75, 3.05) is 149 Å². The van der Waals surface area contributed by atoms with Gasteiger partial charge in [0.25, 0.3) is 0 Å². The number of hydrogen-bond acceptors (Lipinski definition) is 30. The average Bonchev–Trinajstić information content (AvgIpc) is 0.794. The van der Waals surface area contributed by atoms with E-state index in [2.05, 4.69) is 70.2 Å². The van der Waals surface area contributed by atoms with Crippen LogP contribution in [-0.4, -0.2) is 219 Å². The number of hydrogen-bond donors (Lipinski definition) is 8. The summed E-state index contributed by atoms with van der Waals surface area (Å²) in [5, 5.41) is 23.9. The third kappa shape index (κ3) is 53.5. The molecule has 0 aromatic heterocycles. The molecule has 30 heteroatoms. The van der Waals surface area contributed by atoms with Crippen molar-refractivity contribution in [3.05, 3.63) is 140 Å². The smallest absolute Gasteiger partial charge is 0.203 e. The minimum atomic E-state index is -0.274. The Bertz CT molecular complexity index is 4320. The zero-order valence-electron chi connectivity index (χ0n) is 89.8. The fourth-order valence-corrected chi connectivity index (χ4v) is 13.0. The van der Waals surface area contributed by atoms with Gasteiger partial charge >= 0.3 is 0 Å². The Morgan fingerprint density at radius 3 is 1.04 bits per heavy atom. The number of unbranched alkanes of at least 4 members (excludes halogenated alkanes) is 1. The van der Waals surface area contributed by atoms with Crippen molar-refractivity contribution in [3.63, 3.8) is 0 Å². The average molecular weight is 1940 g/mol. The Hall–Kier alpha value is -10.7. The molecular weight excluding hydrogens is 1760 g/mol. The summed E-state index contributed by atoms with van der Waals surface area (Å²) in [7, 11) is 14.7. The molecule has 0 aliphatic rings. The summed E-state index contributed by atoms with van der Waals surface area (Å²) in [5.41, 5.74) is 8.76. The molecule has 0 heterocycles. The first-order valence-corrected chi connectivity index (χ1v) is 48.7. The first kappa shape index (κ1) is 131. The molecule has 0 aliphatic heterocycles. The Morgan fingerprint density at radius 2 is 0.710 bits per heavy atom. The minimum absolute atomic E-state index is 0.00733. The Kier molecular flexibility index (Phi) is 76.3. The first-order chi connectivity index (χ1) is 65.9. The molecule has 0 spiro atoms. The number of nitrogens with one attached hydrogen (secondary N) is 8. The fraction of sp³-hybridized carbons (Fsp3) is 0.574. The quantitative estimate of drug-likeness (QED) is 0.0130. The van der Waals surface area contributed by atoms with Crippen molar-refractivity contribution in [2.24, 2.45) is 5.92 Å². The molecule has 0 bridgehead atoms. The van der Waals surface area contributed by atoms with Crippen molar-refractivity contribution >= 4 is 57.8 Å². The van der Waals surface area contributed by atoms with Gasteiger partial charge < -0.3 is 94.1 Å². The van der Waals surface area contributed by atoms with Crippen LogP contribution in [0.25, 0.3) is 0 Å². The second kappa shape index (κ2) is 80.1. The maximum absolute atomic E-state index is 11.9. The van der Waals surface area contributed by atoms with Crippen molar-refractivity contribution in [1.82, 2.24) is 42.5 Å². The van der Waals surface area contributed by atoms with Crippen LogP contribution in [0.5, 0.6) is 69.0 Å². The van der Waals surface area contributed by atoms with Crippen molar-refractivity contribution in [2.45, 2.75) is 262 Å². The lowest BCUT2D eigenvalue weighted by molar-refractivity contribution is -0.125. The summed E-state index contributed by atoms with van der Waals surface area (Å²) < 4.78 is 66.8. The zero-order chi connectivity index (χ0) is 105. The Morgan fingerprint density at radius 1 is 0.319 bits per heavy atom. The van der Waals surface area contributed by atoms with Crippen LogP contribution >= 0.6 is 0 Å². The summed E-state index contributed by atoms with van der Waals surface area (Å²) in [5.74, 6) is 8.99. The number of ether oxygens (including phenoxy) is 12. The van der Waals surface area contributed by atoms with E-state index in [1.807, 2.05) is 155 Å². The second-order valence-electron chi connectivity index (χ2n) is 31.5. The normalized spacial score (nSPS) is 10.6. The van der Waals surface area contributed by atoms with Crippen molar-refractivity contribution < 1.29 is 105 Å². The molecular formula is C108H174N8O22. The monoisotopic (exact) mass is 1940 g/mol. The molecule has 0 saturated heterocycles. The van der Waals surface area contributed by atoms with E-state index >= 15 is 0 Å². The molecule has 6 aromatic carbocycles. The lowest BCUT2D eigenvalue weighted by atomic mass is 9.96. The number of ketones is 10. The third-order valence-corrected chi connectivity index (χ3v) is 19.7. The predicted octanol–water partition coefficient (Wildman–Crippen LogP) is 18.4. The van der Waals surface area contributed by atoms with Crippen LogP contribution in [0.3, 0.4) is 0 Å². The van der Waals surface area contributed by atoms with Crippen molar-refractivity contribution in [1.29, 1.82) is 0 Å². The van der Waals surface area contributed by atoms with Gasteiger partial charge in [-0.3, -0.25) is 53.3 Å². The fourth-order valence-electron chi connectivity index (χ4n) is 13.0. The summed E-state index contributed by atoms with van der Waals surface area (Å²) >= 11 is 0. The predicted molar refractivity (Wildman–Crippen MR) is 555 cm³/mol. The number of Topliss-reactive ketones (excluding diaryl/α,β-unsaturated/α-hetero) is 10. The van der Waals surface area contributed by atoms with E-state index < -0.39 is 0 Å². The van der Waals surface area contributed by atoms with E-state index in [9.17, 15) is 47.9 Å². The van der Waals surface area contributed by atoms with E-state index in [4.69, 9.17) is 56.8 Å². The zero-order valence-corrected chi connectivity index (χ0v) is 89.8. The number of likely N-dealkylation sites (N-methyl/N-ethyl adjacent to an activating group) is 2. The van der Waals surface area contributed by atoms with Crippen LogP contribution in [0.15, 0.2) is 78.9 Å². The van der Waals surface area contributed by atoms with Gasteiger partial charge in [0.15, 0.2) is 46.2 Å². The summed E-state index contributed by atoms with van der Waals surface area (Å²) in [4.78, 5) is 113. The Labute approximate surface area is 826 Å². The van der Waals surface area contributed by atoms with Crippen LogP contribution in [0.1, 0.15) is 307 Å². The second-order valence-corrected chi connectivity index (χ2v) is 31.5. The summed E-state index contributed by atoms with van der Waals surface area (Å²) in [6.07, 6.45) is 8.51. The highest BCUT2D eigenvalue weighted by Crippen LogP contribution is 2.41. The summed E-state index contributed by atoms with van der Waals surface area (Å²) in [6, 6.07) is 23.1. The van der Waals surface area contributed by atoms with Gasteiger partial charge in [-0.2, -0.15) is 0 Å². The standard InChI is InChI=1S/C16H25NO3.C16H24O3.C14H21NO3.C14H20O4.C12H18N2O2.C12H16O3.C10H19NO2.C7H16N2O.C7H15NO/c1-5-7-19-15-9-13(12(3)18)10-16(20-8-6-2)14(15)11-17-4;1-6-9-13-14(12(5)17)10-15(18-7-2)11(4)16(13)19-8-3;1-5-17-13-7-11(10(3)16)8-14(18-6-2)12(13)9-15-4;1-5-16-12-8-11(10(4)15)9-13(17-6-2)14(12)18-7-3;1-9(15)11-6-10(7-13-2)4-5-12(11)16-8-14-3;1-4-14-11-6-10(9(3)13)7-12(8-11)15-5-2;1-4-5-6-10(13)9(11-3)7-8(2)12;1-6(10)7(4-8-2)5-9-3;1-4-5-7(8-3)6(2)9/h9-10,17H,5-8,11H2,1-4H3;10H,6-9H2,1-5H3;7-8,15H,5-6,9H2,1-4H3;8-9H,5-7H2,1-4H3;4-6,13-14H,7-8H2,1-3H3;6-8H,4-5H2,1-3H3;9,11H,4-7H2,1-3H3;7-9H,4-5H2,1-3H3;7-8H,4-5H2,1-3H3/t;;;;;;9-;;7-/m......0.0/s1. The SMILES string of the molecule is CCCCC(=O)[C@H](CC(C)=O)NC.CCCOc1cc(C(C)=O)cc(OCCC)c1CNC.CCC[C@H](NC)C(C)=O.CCCc1c(C(C)=O)cc(OCC)c(C)c1OCC.CCOc1cc(C(C)=O)cc(OCC)c1CNC.CCOc1cc(C(C)=O)cc(OCC)c1OCC.CCOc1cc(OCC)cc(C(C)=O)c1.CNCC(CNC)C(C)=O.CNCOc1ccc(CNC)cc1C(C)=O. The van der Waals surface area contributed by atoms with Crippen LogP contribution in [-0.2, 0) is 45.2 Å². The molecule has 778 valence electrons. The van der Waals surface area contributed by atoms with E-state index in [0.717, 1.165) is 127 Å². The van der Waals surface area contributed by atoms with Gasteiger partial charge in [0.05, 0.1) is 90.3 Å². The van der Waals surface area contributed by atoms with Gasteiger partial charge in [-0.05, 0) is 292 Å². The van der Waals surface area contributed by atoms with Gasteiger partial charge in [0, 0.05) is 108 Å². The molecule has 30 nitrogen and oxygen atoms in total. The van der Waals surface area contributed by atoms with Crippen LogP contribution in [0.4, 0.5) is 0 Å². The molecule has 6 aromatic rings. The molecule has 6 rings (SSSR count). The van der Waals surface area contributed by atoms with E-state index in [1.165, 1.54) is 20.8 Å². The molecule has 2 atom stereocenters. The molecule has 8 N–H and O–H groups in total. The summed E-state index contributed by atoms with van der Waals surface area (Å²) in [6.45, 7) is 53.7. The number of rotatable bonds is 57. The van der Waals surface area contributed by atoms with Crippen molar-refractivity contribution in [3.8, 4) is 69.0 Å². The number of carbonyl (C=O) groups is 10. The minimum Gasteiger partial charge on any atom is -0.494 e. The van der Waals surface area contributed by atoms with Crippen LogP contribution in [0.2, 0.25) is 0 Å². The van der Waals surface area contributed by atoms with E-state index in [0.29, 0.717) is 179 Å². The highest BCUT2D eigenvalue weighted by atomic mass is 16.5. The van der Waals surface area contributed by atoms with Gasteiger partial charge in [0.1, 0.15) is 81.6 Å².